The highest BCUT2D eigenvalue weighted by Crippen LogP contribution is 2.31. The van der Waals surface area contributed by atoms with Crippen molar-refractivity contribution in [3.05, 3.63) is 35.4 Å². The molecule has 1 saturated heterocycles. The molecule has 1 aliphatic rings. The SMILES string of the molecule is CCN(CC)C(=O)C(C)N1CCC(c2ccccc2C(=O)O)CC1. The second-order valence-corrected chi connectivity index (χ2v) is 6.39. The minimum atomic E-state index is -0.863. The van der Waals surface area contributed by atoms with Crippen LogP contribution >= 0.6 is 0 Å². The molecule has 1 aliphatic heterocycles. The number of amides is 1. The van der Waals surface area contributed by atoms with Crippen LogP contribution in [-0.4, -0.2) is 59.0 Å². The molecule has 0 aliphatic carbocycles. The summed E-state index contributed by atoms with van der Waals surface area (Å²) in [5.74, 6) is -0.424. The third kappa shape index (κ3) is 3.96. The summed E-state index contributed by atoms with van der Waals surface area (Å²) < 4.78 is 0. The Morgan fingerprint density at radius 3 is 2.33 bits per heavy atom. The molecule has 1 heterocycles. The monoisotopic (exact) mass is 332 g/mol. The summed E-state index contributed by atoms with van der Waals surface area (Å²) in [6.07, 6.45) is 1.78. The van der Waals surface area contributed by atoms with E-state index in [9.17, 15) is 14.7 Å². The van der Waals surface area contributed by atoms with Crippen molar-refractivity contribution in [2.75, 3.05) is 26.2 Å². The van der Waals surface area contributed by atoms with Gasteiger partial charge in [0.05, 0.1) is 11.6 Å². The van der Waals surface area contributed by atoms with Crippen LogP contribution in [0.4, 0.5) is 0 Å². The van der Waals surface area contributed by atoms with Crippen molar-refractivity contribution in [2.24, 2.45) is 0 Å². The van der Waals surface area contributed by atoms with Gasteiger partial charge in [0.1, 0.15) is 0 Å². The Kier molecular flexibility index (Phi) is 6.37. The molecule has 0 saturated carbocycles. The van der Waals surface area contributed by atoms with E-state index in [0.717, 1.165) is 44.6 Å². The molecule has 0 radical (unpaired) electrons. The summed E-state index contributed by atoms with van der Waals surface area (Å²) in [6, 6.07) is 7.17. The zero-order valence-electron chi connectivity index (χ0n) is 14.9. The Morgan fingerprint density at radius 1 is 1.21 bits per heavy atom. The lowest BCUT2D eigenvalue weighted by Gasteiger charge is -2.37. The van der Waals surface area contributed by atoms with Crippen LogP contribution in [0.15, 0.2) is 24.3 Å². The number of rotatable bonds is 6. The minimum Gasteiger partial charge on any atom is -0.478 e. The highest BCUT2D eigenvalue weighted by atomic mass is 16.4. The molecule has 0 spiro atoms. The lowest BCUT2D eigenvalue weighted by molar-refractivity contribution is -0.136. The summed E-state index contributed by atoms with van der Waals surface area (Å²) in [4.78, 5) is 28.0. The van der Waals surface area contributed by atoms with Crippen LogP contribution in [0.25, 0.3) is 0 Å². The lowest BCUT2D eigenvalue weighted by Crippen LogP contribution is -2.49. The van der Waals surface area contributed by atoms with Gasteiger partial charge in [-0.2, -0.15) is 0 Å². The molecule has 1 amide bonds. The Bertz CT molecular complexity index is 576. The second-order valence-electron chi connectivity index (χ2n) is 6.39. The van der Waals surface area contributed by atoms with Gasteiger partial charge in [-0.3, -0.25) is 9.69 Å². The molecule has 24 heavy (non-hydrogen) atoms. The number of hydrogen-bond donors (Lipinski definition) is 1. The van der Waals surface area contributed by atoms with Crippen LogP contribution in [0.2, 0.25) is 0 Å². The van der Waals surface area contributed by atoms with Crippen LogP contribution in [0.3, 0.4) is 0 Å². The largest absolute Gasteiger partial charge is 0.478 e. The van der Waals surface area contributed by atoms with E-state index in [-0.39, 0.29) is 17.9 Å². The summed E-state index contributed by atoms with van der Waals surface area (Å²) in [7, 11) is 0. The molecule has 5 nitrogen and oxygen atoms in total. The van der Waals surface area contributed by atoms with Crippen molar-refractivity contribution in [1.29, 1.82) is 0 Å². The summed E-state index contributed by atoms with van der Waals surface area (Å²) in [5, 5.41) is 9.36. The van der Waals surface area contributed by atoms with E-state index in [4.69, 9.17) is 0 Å². The molecule has 1 aromatic rings. The number of likely N-dealkylation sites (tertiary alicyclic amines) is 1. The highest BCUT2D eigenvalue weighted by molar-refractivity contribution is 5.89. The third-order valence-electron chi connectivity index (χ3n) is 5.14. The van der Waals surface area contributed by atoms with E-state index >= 15 is 0 Å². The molecule has 132 valence electrons. The summed E-state index contributed by atoms with van der Waals surface area (Å²) in [5.41, 5.74) is 1.33. The zero-order valence-corrected chi connectivity index (χ0v) is 14.9. The average molecular weight is 332 g/mol. The minimum absolute atomic E-state index is 0.111. The number of carbonyl (C=O) groups excluding carboxylic acids is 1. The Morgan fingerprint density at radius 2 is 1.79 bits per heavy atom. The van der Waals surface area contributed by atoms with E-state index in [1.807, 2.05) is 37.8 Å². The average Bonchev–Trinajstić information content (AvgIpc) is 2.62. The number of hydrogen-bond acceptors (Lipinski definition) is 3. The topological polar surface area (TPSA) is 60.9 Å². The fraction of sp³-hybridized carbons (Fsp3) is 0.579. The smallest absolute Gasteiger partial charge is 0.335 e. The molecule has 1 atom stereocenters. The number of benzene rings is 1. The Balaban J connectivity index is 2.01. The fourth-order valence-corrected chi connectivity index (χ4v) is 3.60. The van der Waals surface area contributed by atoms with Gasteiger partial charge in [0.2, 0.25) is 5.91 Å². The fourth-order valence-electron chi connectivity index (χ4n) is 3.60. The lowest BCUT2D eigenvalue weighted by atomic mass is 9.86. The van der Waals surface area contributed by atoms with Gasteiger partial charge in [0.25, 0.3) is 0 Å². The molecule has 1 aromatic carbocycles. The van der Waals surface area contributed by atoms with E-state index in [1.54, 1.807) is 12.1 Å². The molecule has 1 fully saturated rings. The summed E-state index contributed by atoms with van der Waals surface area (Å²) >= 11 is 0. The molecule has 0 bridgehead atoms. The quantitative estimate of drug-likeness (QED) is 0.870. The highest BCUT2D eigenvalue weighted by Gasteiger charge is 2.30. The second kappa shape index (κ2) is 8.29. The normalized spacial score (nSPS) is 17.5. The predicted octanol–water partition coefficient (Wildman–Crippen LogP) is 2.82. The summed E-state index contributed by atoms with van der Waals surface area (Å²) in [6.45, 7) is 9.11. The van der Waals surface area contributed by atoms with E-state index < -0.39 is 5.97 Å². The number of carbonyl (C=O) groups is 2. The van der Waals surface area contributed by atoms with Crippen LogP contribution in [-0.2, 0) is 4.79 Å². The number of piperidine rings is 1. The maximum absolute atomic E-state index is 12.5. The number of likely N-dealkylation sites (N-methyl/N-ethyl adjacent to an activating group) is 1. The molecule has 5 heteroatoms. The van der Waals surface area contributed by atoms with Crippen LogP contribution in [0, 0.1) is 0 Å². The zero-order chi connectivity index (χ0) is 17.7. The Labute approximate surface area is 144 Å². The van der Waals surface area contributed by atoms with Gasteiger partial charge >= 0.3 is 5.97 Å². The molecule has 0 aromatic heterocycles. The van der Waals surface area contributed by atoms with Crippen LogP contribution in [0.5, 0.6) is 0 Å². The van der Waals surface area contributed by atoms with E-state index in [1.165, 1.54) is 0 Å². The number of aromatic carboxylic acids is 1. The maximum atomic E-state index is 12.5. The van der Waals surface area contributed by atoms with Crippen molar-refractivity contribution in [3.8, 4) is 0 Å². The van der Waals surface area contributed by atoms with Crippen molar-refractivity contribution < 1.29 is 14.7 Å². The van der Waals surface area contributed by atoms with Crippen molar-refractivity contribution in [2.45, 2.75) is 45.6 Å². The van der Waals surface area contributed by atoms with Gasteiger partial charge in [0.15, 0.2) is 0 Å². The molecule has 1 unspecified atom stereocenters. The first kappa shape index (κ1) is 18.5. The van der Waals surface area contributed by atoms with Crippen molar-refractivity contribution in [3.63, 3.8) is 0 Å². The van der Waals surface area contributed by atoms with Crippen LogP contribution < -0.4 is 0 Å². The van der Waals surface area contributed by atoms with E-state index in [0.29, 0.717) is 5.56 Å². The third-order valence-corrected chi connectivity index (χ3v) is 5.14. The van der Waals surface area contributed by atoms with Gasteiger partial charge in [-0.25, -0.2) is 4.79 Å². The first-order valence-corrected chi connectivity index (χ1v) is 8.84. The standard InChI is InChI=1S/C19H28N2O3/c1-4-20(5-2)18(22)14(3)21-12-10-15(11-13-21)16-8-6-7-9-17(16)19(23)24/h6-9,14-15H,4-5,10-13H2,1-3H3,(H,23,24). The number of nitrogens with zero attached hydrogens (tertiary/aromatic N) is 2. The molecule has 1 N–H and O–H groups in total. The molecular formula is C19H28N2O3. The molecule has 2 rings (SSSR count). The van der Waals surface area contributed by atoms with Gasteiger partial charge in [-0.1, -0.05) is 18.2 Å². The van der Waals surface area contributed by atoms with Gasteiger partial charge in [-0.15, -0.1) is 0 Å². The van der Waals surface area contributed by atoms with Crippen LogP contribution in [0.1, 0.15) is 55.5 Å². The first-order chi connectivity index (χ1) is 11.5. The van der Waals surface area contributed by atoms with Crippen molar-refractivity contribution in [1.82, 2.24) is 9.80 Å². The van der Waals surface area contributed by atoms with E-state index in [2.05, 4.69) is 4.90 Å². The van der Waals surface area contributed by atoms with Gasteiger partial charge in [0, 0.05) is 13.1 Å². The predicted molar refractivity (Wildman–Crippen MR) is 94.3 cm³/mol. The molecular weight excluding hydrogens is 304 g/mol. The van der Waals surface area contributed by atoms with Gasteiger partial charge < -0.3 is 10.0 Å². The number of carboxylic acids is 1. The first-order valence-electron chi connectivity index (χ1n) is 8.84. The van der Waals surface area contributed by atoms with Gasteiger partial charge in [-0.05, 0) is 64.3 Å². The maximum Gasteiger partial charge on any atom is 0.335 e. The Hall–Kier alpha value is -1.88. The van der Waals surface area contributed by atoms with Crippen molar-refractivity contribution >= 4 is 11.9 Å². The number of carboxylic acid groups (broad SMARTS) is 1.